The Morgan fingerprint density at radius 2 is 1.72 bits per heavy atom. The fourth-order valence-corrected chi connectivity index (χ4v) is 2.33. The maximum atomic E-state index is 14.2. The van der Waals surface area contributed by atoms with Gasteiger partial charge < -0.3 is 14.6 Å². The van der Waals surface area contributed by atoms with Crippen LogP contribution in [0.3, 0.4) is 0 Å². The van der Waals surface area contributed by atoms with Crippen LogP contribution in [0.4, 0.5) is 18.9 Å². The fourth-order valence-electron chi connectivity index (χ4n) is 2.33. The second-order valence-corrected chi connectivity index (χ2v) is 5.18. The standard InChI is InChI=1S/C18H13F3N2O2/c1-25-17-10-12(19)15(9-14(17)21)22-18(24)11-4-5-16(13(20)8-11)23-6-2-3-7-23/h2-10H,1H3,(H,22,24). The number of methoxy groups -OCH3 is 1. The molecule has 0 fully saturated rings. The van der Waals surface area contributed by atoms with E-state index in [0.29, 0.717) is 0 Å². The summed E-state index contributed by atoms with van der Waals surface area (Å²) in [5.41, 5.74) is -0.120. The van der Waals surface area contributed by atoms with E-state index in [0.717, 1.165) is 18.2 Å². The molecule has 1 heterocycles. The van der Waals surface area contributed by atoms with Crippen molar-refractivity contribution in [3.63, 3.8) is 0 Å². The molecule has 4 nitrogen and oxygen atoms in total. The number of hydrogen-bond acceptors (Lipinski definition) is 2. The maximum absolute atomic E-state index is 14.2. The molecule has 2 aromatic carbocycles. The second-order valence-electron chi connectivity index (χ2n) is 5.18. The molecular formula is C18H13F3N2O2. The van der Waals surface area contributed by atoms with Crippen LogP contribution in [-0.2, 0) is 0 Å². The summed E-state index contributed by atoms with van der Waals surface area (Å²) < 4.78 is 47.9. The number of rotatable bonds is 4. The highest BCUT2D eigenvalue weighted by Gasteiger charge is 2.15. The van der Waals surface area contributed by atoms with Gasteiger partial charge in [-0.2, -0.15) is 0 Å². The number of nitrogens with one attached hydrogen (secondary N) is 1. The van der Waals surface area contributed by atoms with Gasteiger partial charge in [0.1, 0.15) is 5.82 Å². The zero-order valence-electron chi connectivity index (χ0n) is 13.1. The summed E-state index contributed by atoms with van der Waals surface area (Å²) in [5.74, 6) is -3.35. The molecule has 0 saturated heterocycles. The Labute approximate surface area is 141 Å². The summed E-state index contributed by atoms with van der Waals surface area (Å²) in [6.45, 7) is 0. The number of anilines is 1. The molecule has 0 aliphatic carbocycles. The minimum Gasteiger partial charge on any atom is -0.494 e. The Morgan fingerprint density at radius 1 is 1.00 bits per heavy atom. The molecule has 1 N–H and O–H groups in total. The number of carbonyl (C=O) groups excluding carboxylic acids is 1. The summed E-state index contributed by atoms with van der Waals surface area (Å²) in [6.07, 6.45) is 3.32. The van der Waals surface area contributed by atoms with E-state index in [-0.39, 0.29) is 22.7 Å². The fraction of sp³-hybridized carbons (Fsp3) is 0.0556. The summed E-state index contributed by atoms with van der Waals surface area (Å²) >= 11 is 0. The number of benzene rings is 2. The van der Waals surface area contributed by atoms with Gasteiger partial charge in [-0.3, -0.25) is 4.79 Å². The van der Waals surface area contributed by atoms with Crippen LogP contribution in [0.1, 0.15) is 10.4 Å². The Kier molecular flexibility index (Phi) is 4.47. The highest BCUT2D eigenvalue weighted by Crippen LogP contribution is 2.25. The monoisotopic (exact) mass is 346 g/mol. The average Bonchev–Trinajstić information content (AvgIpc) is 3.11. The molecule has 128 valence electrons. The van der Waals surface area contributed by atoms with Gasteiger partial charge in [0.25, 0.3) is 5.91 Å². The molecule has 0 aliphatic rings. The van der Waals surface area contributed by atoms with Gasteiger partial charge in [0, 0.05) is 30.1 Å². The van der Waals surface area contributed by atoms with Gasteiger partial charge in [-0.1, -0.05) is 0 Å². The van der Waals surface area contributed by atoms with Crippen LogP contribution >= 0.6 is 0 Å². The number of ether oxygens (including phenoxy) is 1. The van der Waals surface area contributed by atoms with Crippen molar-refractivity contribution in [2.24, 2.45) is 0 Å². The number of hydrogen-bond donors (Lipinski definition) is 1. The third kappa shape index (κ3) is 3.35. The van der Waals surface area contributed by atoms with Crippen molar-refractivity contribution in [2.75, 3.05) is 12.4 Å². The van der Waals surface area contributed by atoms with E-state index >= 15 is 0 Å². The molecule has 7 heteroatoms. The van der Waals surface area contributed by atoms with Crippen LogP contribution in [0.2, 0.25) is 0 Å². The van der Waals surface area contributed by atoms with Crippen molar-refractivity contribution < 1.29 is 22.7 Å². The highest BCUT2D eigenvalue weighted by molar-refractivity contribution is 6.04. The first-order valence-corrected chi connectivity index (χ1v) is 7.27. The average molecular weight is 346 g/mol. The van der Waals surface area contributed by atoms with Gasteiger partial charge in [0.15, 0.2) is 17.4 Å². The van der Waals surface area contributed by atoms with Gasteiger partial charge in [0.2, 0.25) is 0 Å². The molecule has 25 heavy (non-hydrogen) atoms. The van der Waals surface area contributed by atoms with Crippen LogP contribution in [-0.4, -0.2) is 17.6 Å². The van der Waals surface area contributed by atoms with Crippen molar-refractivity contribution in [1.82, 2.24) is 4.57 Å². The summed E-state index contributed by atoms with van der Waals surface area (Å²) in [5, 5.41) is 2.22. The lowest BCUT2D eigenvalue weighted by Crippen LogP contribution is -2.14. The van der Waals surface area contributed by atoms with Gasteiger partial charge in [-0.05, 0) is 30.3 Å². The third-order valence-electron chi connectivity index (χ3n) is 3.58. The Balaban J connectivity index is 1.85. The summed E-state index contributed by atoms with van der Waals surface area (Å²) in [6, 6.07) is 8.95. The van der Waals surface area contributed by atoms with Crippen molar-refractivity contribution in [2.45, 2.75) is 0 Å². The van der Waals surface area contributed by atoms with Crippen molar-refractivity contribution in [3.8, 4) is 11.4 Å². The molecule has 1 aromatic heterocycles. The molecule has 0 radical (unpaired) electrons. The van der Waals surface area contributed by atoms with E-state index in [4.69, 9.17) is 0 Å². The molecule has 0 spiro atoms. The van der Waals surface area contributed by atoms with E-state index in [1.165, 1.54) is 19.2 Å². The van der Waals surface area contributed by atoms with Gasteiger partial charge in [-0.25, -0.2) is 13.2 Å². The van der Waals surface area contributed by atoms with E-state index in [1.54, 1.807) is 29.1 Å². The van der Waals surface area contributed by atoms with E-state index < -0.39 is 23.4 Å². The molecule has 3 aromatic rings. The van der Waals surface area contributed by atoms with Crippen LogP contribution in [0.5, 0.6) is 5.75 Å². The molecular weight excluding hydrogens is 333 g/mol. The van der Waals surface area contributed by atoms with Crippen LogP contribution in [0, 0.1) is 17.5 Å². The highest BCUT2D eigenvalue weighted by atomic mass is 19.1. The molecule has 0 unspecified atom stereocenters. The first-order valence-electron chi connectivity index (χ1n) is 7.27. The second kappa shape index (κ2) is 6.72. The lowest BCUT2D eigenvalue weighted by molar-refractivity contribution is 0.102. The molecule has 1 amide bonds. The van der Waals surface area contributed by atoms with Gasteiger partial charge >= 0.3 is 0 Å². The number of amides is 1. The summed E-state index contributed by atoms with van der Waals surface area (Å²) in [4.78, 5) is 12.2. The van der Waals surface area contributed by atoms with Crippen molar-refractivity contribution in [3.05, 3.63) is 77.9 Å². The van der Waals surface area contributed by atoms with Crippen LogP contribution < -0.4 is 10.1 Å². The van der Waals surface area contributed by atoms with Crippen molar-refractivity contribution >= 4 is 11.6 Å². The summed E-state index contributed by atoms with van der Waals surface area (Å²) in [7, 11) is 1.20. The largest absolute Gasteiger partial charge is 0.494 e. The molecule has 0 aliphatic heterocycles. The Hall–Kier alpha value is -3.22. The predicted octanol–water partition coefficient (Wildman–Crippen LogP) is 4.16. The van der Waals surface area contributed by atoms with Crippen LogP contribution in [0.25, 0.3) is 5.69 Å². The van der Waals surface area contributed by atoms with Crippen LogP contribution in [0.15, 0.2) is 54.9 Å². The minimum absolute atomic E-state index is 0.0240. The molecule has 0 atom stereocenters. The quantitative estimate of drug-likeness (QED) is 0.771. The number of aromatic nitrogens is 1. The lowest BCUT2D eigenvalue weighted by Gasteiger charge is -2.10. The van der Waals surface area contributed by atoms with E-state index in [9.17, 15) is 18.0 Å². The third-order valence-corrected chi connectivity index (χ3v) is 3.58. The van der Waals surface area contributed by atoms with Gasteiger partial charge in [-0.15, -0.1) is 0 Å². The molecule has 0 saturated carbocycles. The topological polar surface area (TPSA) is 43.3 Å². The minimum atomic E-state index is -0.865. The lowest BCUT2D eigenvalue weighted by atomic mass is 10.1. The Bertz CT molecular complexity index is 924. The zero-order chi connectivity index (χ0) is 18.0. The van der Waals surface area contributed by atoms with E-state index in [2.05, 4.69) is 10.1 Å². The normalized spacial score (nSPS) is 10.6. The number of nitrogens with zero attached hydrogens (tertiary/aromatic N) is 1. The first-order chi connectivity index (χ1) is 12.0. The smallest absolute Gasteiger partial charge is 0.255 e. The zero-order valence-corrected chi connectivity index (χ0v) is 13.1. The van der Waals surface area contributed by atoms with Gasteiger partial charge in [0.05, 0.1) is 18.5 Å². The SMILES string of the molecule is COc1cc(F)c(NC(=O)c2ccc(-n3cccc3)c(F)c2)cc1F. The number of carbonyl (C=O) groups is 1. The molecule has 0 bridgehead atoms. The Morgan fingerprint density at radius 3 is 2.36 bits per heavy atom. The van der Waals surface area contributed by atoms with E-state index in [1.807, 2.05) is 0 Å². The maximum Gasteiger partial charge on any atom is 0.255 e. The first kappa shape index (κ1) is 16.6. The number of halogens is 3. The predicted molar refractivity (Wildman–Crippen MR) is 86.6 cm³/mol. The molecule has 3 rings (SSSR count). The van der Waals surface area contributed by atoms with Crippen molar-refractivity contribution in [1.29, 1.82) is 0 Å².